The van der Waals surface area contributed by atoms with Crippen LogP contribution < -0.4 is 16.1 Å². The van der Waals surface area contributed by atoms with Crippen LogP contribution >= 0.6 is 11.6 Å². The van der Waals surface area contributed by atoms with Crippen molar-refractivity contribution in [2.75, 3.05) is 17.7 Å². The van der Waals surface area contributed by atoms with Crippen LogP contribution in [0.2, 0.25) is 5.02 Å². The highest BCUT2D eigenvalue weighted by Gasteiger charge is 2.25. The highest BCUT2D eigenvalue weighted by molar-refractivity contribution is 6.31. The van der Waals surface area contributed by atoms with Crippen LogP contribution in [0.15, 0.2) is 64.3 Å². The molecule has 11 nitrogen and oxygen atoms in total. The number of hydrogen-bond acceptors (Lipinski definition) is 9. The summed E-state index contributed by atoms with van der Waals surface area (Å²) in [5, 5.41) is 20.2. The van der Waals surface area contributed by atoms with Crippen LogP contribution in [0.1, 0.15) is 28.7 Å². The van der Waals surface area contributed by atoms with Gasteiger partial charge in [-0.3, -0.25) is 4.79 Å². The number of nitrogens with zero attached hydrogens (tertiary/aromatic N) is 7. The van der Waals surface area contributed by atoms with Gasteiger partial charge in [0.15, 0.2) is 5.69 Å². The molecule has 0 aliphatic heterocycles. The Morgan fingerprint density at radius 2 is 2.00 bits per heavy atom. The molecule has 0 bridgehead atoms. The second-order valence-corrected chi connectivity index (χ2v) is 7.55. The van der Waals surface area contributed by atoms with Gasteiger partial charge < -0.3 is 10.6 Å². The van der Waals surface area contributed by atoms with E-state index in [4.69, 9.17) is 22.0 Å². The fraction of sp³-hybridized carbons (Fsp3) is 0.143. The zero-order valence-corrected chi connectivity index (χ0v) is 18.6. The van der Waals surface area contributed by atoms with Crippen molar-refractivity contribution < 1.29 is 9.42 Å². The Morgan fingerprint density at radius 3 is 2.70 bits per heavy atom. The molecule has 0 spiro atoms. The number of nitrogens with two attached hydrogens (primary N) is 1. The first-order valence-corrected chi connectivity index (χ1v) is 10.2. The minimum absolute atomic E-state index is 0.0188. The van der Waals surface area contributed by atoms with Gasteiger partial charge in [0, 0.05) is 17.8 Å². The van der Waals surface area contributed by atoms with E-state index in [2.05, 4.69) is 31.2 Å². The molecule has 0 atom stereocenters. The van der Waals surface area contributed by atoms with Crippen LogP contribution in [0.5, 0.6) is 0 Å². The molecule has 33 heavy (non-hydrogen) atoms. The molecule has 1 amide bonds. The van der Waals surface area contributed by atoms with Gasteiger partial charge in [-0.15, -0.1) is 5.10 Å². The van der Waals surface area contributed by atoms with Gasteiger partial charge in [-0.25, -0.2) is 10.1 Å². The Kier molecular flexibility index (Phi) is 6.31. The lowest BCUT2D eigenvalue weighted by Crippen LogP contribution is -2.25. The Morgan fingerprint density at radius 1 is 1.21 bits per heavy atom. The van der Waals surface area contributed by atoms with Crippen LogP contribution in [0.25, 0.3) is 5.82 Å². The summed E-state index contributed by atoms with van der Waals surface area (Å²) in [5.41, 5.74) is 11.1. The summed E-state index contributed by atoms with van der Waals surface area (Å²) in [4.78, 5) is 14.9. The number of aromatic nitrogens is 5. The predicted molar refractivity (Wildman–Crippen MR) is 123 cm³/mol. The number of para-hydroxylation sites is 1. The Labute approximate surface area is 193 Å². The Bertz CT molecular complexity index is 1300. The summed E-state index contributed by atoms with van der Waals surface area (Å²) >= 11 is 6.03. The average molecular weight is 466 g/mol. The van der Waals surface area contributed by atoms with Gasteiger partial charge in [-0.2, -0.15) is 9.78 Å². The number of rotatable bonds is 7. The number of benzene rings is 2. The van der Waals surface area contributed by atoms with E-state index < -0.39 is 5.91 Å². The molecule has 4 aromatic rings. The highest BCUT2D eigenvalue weighted by atomic mass is 35.5. The lowest BCUT2D eigenvalue weighted by Gasteiger charge is -2.19. The highest BCUT2D eigenvalue weighted by Crippen LogP contribution is 2.20. The van der Waals surface area contributed by atoms with Crippen LogP contribution in [-0.4, -0.2) is 44.0 Å². The molecular formula is C21H20ClN9O2. The maximum Gasteiger partial charge on any atom is 0.293 e. The summed E-state index contributed by atoms with van der Waals surface area (Å²) in [5.74, 6) is -0.393. The third-order valence-corrected chi connectivity index (χ3v) is 5.06. The van der Waals surface area contributed by atoms with Crippen molar-refractivity contribution in [1.29, 1.82) is 0 Å². The molecule has 0 saturated heterocycles. The summed E-state index contributed by atoms with van der Waals surface area (Å²) in [6.45, 7) is 2.03. The van der Waals surface area contributed by atoms with Gasteiger partial charge in [0.25, 0.3) is 5.91 Å². The summed E-state index contributed by atoms with van der Waals surface area (Å²) in [7, 11) is 1.88. The third kappa shape index (κ3) is 4.83. The molecule has 168 valence electrons. The number of carbonyl (C=O) groups excluding carboxylic acids is 1. The van der Waals surface area contributed by atoms with E-state index in [9.17, 15) is 4.79 Å². The number of carbonyl (C=O) groups is 1. The topological polar surface area (TPSA) is 140 Å². The van der Waals surface area contributed by atoms with Gasteiger partial charge in [0.05, 0.1) is 18.0 Å². The monoisotopic (exact) mass is 465 g/mol. The number of hydrazone groups is 1. The van der Waals surface area contributed by atoms with Gasteiger partial charge in [-0.05, 0) is 47.1 Å². The lowest BCUT2D eigenvalue weighted by molar-refractivity contribution is 0.0949. The first-order chi connectivity index (χ1) is 15.9. The fourth-order valence-corrected chi connectivity index (χ4v) is 3.28. The van der Waals surface area contributed by atoms with E-state index in [1.807, 2.05) is 48.3 Å². The van der Waals surface area contributed by atoms with E-state index in [1.165, 1.54) is 4.68 Å². The van der Waals surface area contributed by atoms with Gasteiger partial charge in [0.2, 0.25) is 11.6 Å². The van der Waals surface area contributed by atoms with Crippen LogP contribution in [0.4, 0.5) is 11.5 Å². The second-order valence-electron chi connectivity index (χ2n) is 7.11. The van der Waals surface area contributed by atoms with Gasteiger partial charge in [-0.1, -0.05) is 47.1 Å². The van der Waals surface area contributed by atoms with E-state index in [1.54, 1.807) is 25.1 Å². The first kappa shape index (κ1) is 22.0. The maximum atomic E-state index is 13.0. The number of halogens is 1. The Balaban J connectivity index is 1.64. The minimum atomic E-state index is -0.547. The third-order valence-electron chi connectivity index (χ3n) is 4.83. The molecule has 0 unspecified atom stereocenters. The van der Waals surface area contributed by atoms with Crippen molar-refractivity contribution in [3.05, 3.63) is 76.6 Å². The molecular weight excluding hydrogens is 446 g/mol. The lowest BCUT2D eigenvalue weighted by atomic mass is 10.1. The van der Waals surface area contributed by atoms with E-state index in [0.29, 0.717) is 16.4 Å². The summed E-state index contributed by atoms with van der Waals surface area (Å²) in [6.07, 6.45) is 0. The molecule has 0 aliphatic rings. The quantitative estimate of drug-likeness (QED) is 0.313. The van der Waals surface area contributed by atoms with Crippen molar-refractivity contribution in [3.8, 4) is 5.82 Å². The normalized spacial score (nSPS) is 11.4. The average Bonchev–Trinajstić information content (AvgIpc) is 3.43. The van der Waals surface area contributed by atoms with Crippen molar-refractivity contribution in [3.63, 3.8) is 0 Å². The standard InChI is InChI=1S/C21H20ClN9O2/c1-13(14-7-6-8-15(22)11-14)24-26-21(32)18-17(12-30(2)16-9-4-3-5-10-16)31(29-25-18)20-19(23)27-33-28-20/h3-11H,12H2,1-2H3,(H2,23,27)(H,26,32)/b24-13-. The molecule has 2 heterocycles. The first-order valence-electron chi connectivity index (χ1n) is 9.83. The minimum Gasteiger partial charge on any atom is -0.378 e. The van der Waals surface area contributed by atoms with Crippen LogP contribution in [0.3, 0.4) is 0 Å². The van der Waals surface area contributed by atoms with Crippen LogP contribution in [-0.2, 0) is 6.54 Å². The van der Waals surface area contributed by atoms with E-state index >= 15 is 0 Å². The molecule has 2 aromatic carbocycles. The Hall–Kier alpha value is -4.25. The molecule has 0 fully saturated rings. The number of amides is 1. The number of nitrogens with one attached hydrogen (secondary N) is 1. The van der Waals surface area contributed by atoms with Gasteiger partial charge >= 0.3 is 0 Å². The molecule has 12 heteroatoms. The second kappa shape index (κ2) is 9.49. The predicted octanol–water partition coefficient (Wildman–Crippen LogP) is 2.68. The van der Waals surface area contributed by atoms with E-state index in [0.717, 1.165) is 11.3 Å². The SMILES string of the molecule is C/C(=N/NC(=O)c1nnn(-c2nonc2N)c1CN(C)c1ccccc1)c1cccc(Cl)c1. The van der Waals surface area contributed by atoms with Crippen molar-refractivity contribution in [2.24, 2.45) is 5.10 Å². The smallest absolute Gasteiger partial charge is 0.293 e. The molecule has 4 rings (SSSR count). The van der Waals surface area contributed by atoms with Gasteiger partial charge in [0.1, 0.15) is 0 Å². The van der Waals surface area contributed by atoms with Crippen molar-refractivity contribution in [1.82, 2.24) is 30.7 Å². The number of anilines is 2. The zero-order chi connectivity index (χ0) is 23.4. The molecule has 0 radical (unpaired) electrons. The summed E-state index contributed by atoms with van der Waals surface area (Å²) in [6, 6.07) is 16.8. The van der Waals surface area contributed by atoms with Crippen molar-refractivity contribution >= 4 is 34.7 Å². The van der Waals surface area contributed by atoms with Crippen molar-refractivity contribution in [2.45, 2.75) is 13.5 Å². The zero-order valence-electron chi connectivity index (χ0n) is 17.8. The molecule has 3 N–H and O–H groups in total. The van der Waals surface area contributed by atoms with E-state index in [-0.39, 0.29) is 23.9 Å². The van der Waals surface area contributed by atoms with Crippen LogP contribution in [0, 0.1) is 0 Å². The summed E-state index contributed by atoms with van der Waals surface area (Å²) < 4.78 is 6.02. The maximum absolute atomic E-state index is 13.0. The molecule has 2 aromatic heterocycles. The fourth-order valence-electron chi connectivity index (χ4n) is 3.09. The molecule has 0 saturated carbocycles. The number of hydrogen-bond donors (Lipinski definition) is 2. The number of nitrogen functional groups attached to an aromatic ring is 1. The molecule has 0 aliphatic carbocycles. The largest absolute Gasteiger partial charge is 0.378 e.